The Bertz CT molecular complexity index is 1380. The number of carbonyl (C=O) groups excluding carboxylic acids is 1. The van der Waals surface area contributed by atoms with Crippen molar-refractivity contribution in [3.05, 3.63) is 84.1 Å². The van der Waals surface area contributed by atoms with E-state index in [0.717, 1.165) is 38.6 Å². The topological polar surface area (TPSA) is 57.0 Å². The molecule has 31 heavy (non-hydrogen) atoms. The van der Waals surface area contributed by atoms with Crippen LogP contribution < -0.4 is 4.90 Å². The summed E-state index contributed by atoms with van der Waals surface area (Å²) < 4.78 is 0. The van der Waals surface area contributed by atoms with Gasteiger partial charge >= 0.3 is 0 Å². The van der Waals surface area contributed by atoms with Crippen molar-refractivity contribution in [2.24, 2.45) is 5.41 Å². The molecule has 4 heteroatoms. The van der Waals surface area contributed by atoms with Crippen molar-refractivity contribution in [2.75, 3.05) is 11.9 Å². The first-order valence-corrected chi connectivity index (χ1v) is 10.5. The summed E-state index contributed by atoms with van der Waals surface area (Å²) >= 11 is 0. The van der Waals surface area contributed by atoms with Gasteiger partial charge in [0.25, 0.3) is 0 Å². The van der Waals surface area contributed by atoms with Crippen LogP contribution in [0.15, 0.2) is 72.8 Å². The van der Waals surface area contributed by atoms with Gasteiger partial charge in [-0.15, -0.1) is 0 Å². The first-order valence-electron chi connectivity index (χ1n) is 10.5. The molecule has 1 atom stereocenters. The van der Waals surface area contributed by atoms with Crippen LogP contribution in [0.1, 0.15) is 31.5 Å². The van der Waals surface area contributed by atoms with E-state index in [1.54, 1.807) is 4.90 Å². The van der Waals surface area contributed by atoms with Gasteiger partial charge in [-0.25, -0.2) is 0 Å². The highest BCUT2D eigenvalue weighted by molar-refractivity contribution is 6.20. The van der Waals surface area contributed by atoms with E-state index < -0.39 is 10.8 Å². The summed E-state index contributed by atoms with van der Waals surface area (Å²) in [6.07, 6.45) is 0.346. The molecule has 0 N–H and O–H groups in total. The van der Waals surface area contributed by atoms with Gasteiger partial charge in [-0.05, 0) is 43.4 Å². The number of nitriles is 1. The second kappa shape index (κ2) is 6.65. The molecule has 152 valence electrons. The molecule has 5 rings (SSSR count). The van der Waals surface area contributed by atoms with Crippen molar-refractivity contribution < 1.29 is 4.79 Å². The first kappa shape index (κ1) is 19.3. The summed E-state index contributed by atoms with van der Waals surface area (Å²) in [5.74, 6) is -0.0511. The Morgan fingerprint density at radius 3 is 2.39 bits per heavy atom. The molecular formula is C27H23N3O. The Hall–Kier alpha value is -3.71. The molecule has 0 fully saturated rings. The van der Waals surface area contributed by atoms with Crippen LogP contribution in [0, 0.1) is 16.7 Å². The number of benzene rings is 3. The third-order valence-corrected chi connectivity index (χ3v) is 6.42. The smallest absolute Gasteiger partial charge is 0.243 e. The number of likely N-dealkylation sites (N-methyl/N-ethyl adjacent to an activating group) is 1. The Balaban J connectivity index is 2.00. The number of hydrogen-bond donors (Lipinski definition) is 0. The minimum Gasteiger partial charge on any atom is -0.314 e. The Kier molecular flexibility index (Phi) is 4.13. The molecule has 3 aromatic carbocycles. The molecule has 1 aliphatic heterocycles. The largest absolute Gasteiger partial charge is 0.314 e. The summed E-state index contributed by atoms with van der Waals surface area (Å²) in [7, 11) is 1.83. The summed E-state index contributed by atoms with van der Waals surface area (Å²) in [6, 6.07) is 26.3. The van der Waals surface area contributed by atoms with E-state index in [9.17, 15) is 10.1 Å². The number of carbonyl (C=O) groups is 1. The summed E-state index contributed by atoms with van der Waals surface area (Å²) in [4.78, 5) is 21.0. The first-order chi connectivity index (χ1) is 14.9. The van der Waals surface area contributed by atoms with Crippen LogP contribution in [-0.2, 0) is 10.2 Å². The Morgan fingerprint density at radius 2 is 1.65 bits per heavy atom. The fraction of sp³-hybridized carbons (Fsp3) is 0.222. The van der Waals surface area contributed by atoms with Gasteiger partial charge in [-0.2, -0.15) is 5.26 Å². The van der Waals surface area contributed by atoms with E-state index >= 15 is 0 Å². The number of amides is 1. The lowest BCUT2D eigenvalue weighted by Gasteiger charge is -2.43. The maximum absolute atomic E-state index is 14.2. The van der Waals surface area contributed by atoms with Crippen LogP contribution in [0.3, 0.4) is 0 Å². The zero-order valence-electron chi connectivity index (χ0n) is 17.9. The van der Waals surface area contributed by atoms with Crippen LogP contribution in [0.4, 0.5) is 5.69 Å². The molecule has 2 heterocycles. The van der Waals surface area contributed by atoms with E-state index in [2.05, 4.69) is 18.2 Å². The van der Waals surface area contributed by atoms with Crippen molar-refractivity contribution >= 4 is 33.3 Å². The number of anilines is 1. The monoisotopic (exact) mass is 405 g/mol. The highest BCUT2D eigenvalue weighted by Crippen LogP contribution is 2.51. The quantitative estimate of drug-likeness (QED) is 0.418. The predicted octanol–water partition coefficient (Wildman–Crippen LogP) is 5.59. The number of hydrogen-bond acceptors (Lipinski definition) is 3. The molecule has 4 nitrogen and oxygen atoms in total. The van der Waals surface area contributed by atoms with Crippen LogP contribution in [0.5, 0.6) is 0 Å². The van der Waals surface area contributed by atoms with Crippen LogP contribution in [-0.4, -0.2) is 17.9 Å². The summed E-state index contributed by atoms with van der Waals surface area (Å²) in [5, 5.41) is 13.0. The normalized spacial score (nSPS) is 18.4. The SMILES string of the molecule is CN1C(=O)[C@@](CC(C)(C)C#N)(c2ccccc2)c2nc3ccccc3c3cccc1c23. The summed E-state index contributed by atoms with van der Waals surface area (Å²) in [5.41, 5.74) is 1.55. The van der Waals surface area contributed by atoms with E-state index in [1.807, 2.05) is 81.6 Å². The molecule has 0 saturated carbocycles. The molecule has 1 aromatic heterocycles. The minimum atomic E-state index is -1.05. The molecule has 0 unspecified atom stereocenters. The molecule has 4 aromatic rings. The average molecular weight is 406 g/mol. The number of para-hydroxylation sites is 1. The van der Waals surface area contributed by atoms with Crippen molar-refractivity contribution in [1.82, 2.24) is 4.98 Å². The molecule has 0 spiro atoms. The highest BCUT2D eigenvalue weighted by atomic mass is 16.2. The van der Waals surface area contributed by atoms with Crippen molar-refractivity contribution in [1.29, 1.82) is 5.26 Å². The predicted molar refractivity (Wildman–Crippen MR) is 124 cm³/mol. The number of fused-ring (bicyclic) bond motifs is 2. The van der Waals surface area contributed by atoms with Gasteiger partial charge in [0.15, 0.2) is 0 Å². The second-order valence-corrected chi connectivity index (χ2v) is 8.99. The van der Waals surface area contributed by atoms with Crippen LogP contribution >= 0.6 is 0 Å². The number of aromatic nitrogens is 1. The van der Waals surface area contributed by atoms with Crippen molar-refractivity contribution in [3.8, 4) is 6.07 Å². The maximum Gasteiger partial charge on any atom is 0.243 e. The fourth-order valence-corrected chi connectivity index (χ4v) is 5.02. The number of rotatable bonds is 3. The highest BCUT2D eigenvalue weighted by Gasteiger charge is 2.52. The van der Waals surface area contributed by atoms with Crippen molar-refractivity contribution in [3.63, 3.8) is 0 Å². The zero-order valence-corrected chi connectivity index (χ0v) is 17.9. The van der Waals surface area contributed by atoms with Crippen molar-refractivity contribution in [2.45, 2.75) is 25.7 Å². The zero-order chi connectivity index (χ0) is 21.8. The maximum atomic E-state index is 14.2. The molecule has 0 saturated heterocycles. The third kappa shape index (κ3) is 2.67. The van der Waals surface area contributed by atoms with E-state index in [0.29, 0.717) is 6.42 Å². The van der Waals surface area contributed by atoms with Crippen LogP contribution in [0.2, 0.25) is 0 Å². The summed E-state index contributed by atoms with van der Waals surface area (Å²) in [6.45, 7) is 3.79. The van der Waals surface area contributed by atoms with Gasteiger partial charge in [0.2, 0.25) is 5.91 Å². The average Bonchev–Trinajstić information content (AvgIpc) is 2.80. The van der Waals surface area contributed by atoms with Crippen LogP contribution in [0.25, 0.3) is 21.7 Å². The van der Waals surface area contributed by atoms with E-state index in [1.165, 1.54) is 0 Å². The fourth-order valence-electron chi connectivity index (χ4n) is 5.02. The van der Waals surface area contributed by atoms with Gasteiger partial charge in [-0.3, -0.25) is 9.78 Å². The Morgan fingerprint density at radius 1 is 0.968 bits per heavy atom. The second-order valence-electron chi connectivity index (χ2n) is 8.99. The van der Waals surface area contributed by atoms with E-state index in [-0.39, 0.29) is 5.91 Å². The lowest BCUT2D eigenvalue weighted by Crippen LogP contribution is -2.51. The minimum absolute atomic E-state index is 0.0511. The lowest BCUT2D eigenvalue weighted by molar-refractivity contribution is -0.123. The molecule has 0 bridgehead atoms. The standard InChI is InChI=1S/C27H23N3O/c1-26(2,17-28)16-27(18-10-5-4-6-11-18)24-23-20(19-12-7-8-14-21(19)29-24)13-9-15-22(23)30(3)25(27)31/h4-15H,16H2,1-3H3/t27-/m0/s1. The third-order valence-electron chi connectivity index (χ3n) is 6.42. The molecule has 0 aliphatic carbocycles. The van der Waals surface area contributed by atoms with E-state index in [4.69, 9.17) is 4.98 Å². The molecule has 0 radical (unpaired) electrons. The Labute approximate surface area is 181 Å². The molecule has 1 amide bonds. The van der Waals surface area contributed by atoms with Gasteiger partial charge in [0, 0.05) is 17.8 Å². The molecule has 1 aliphatic rings. The van der Waals surface area contributed by atoms with Gasteiger partial charge in [-0.1, -0.05) is 60.7 Å². The number of nitrogens with zero attached hydrogens (tertiary/aromatic N) is 3. The van der Waals surface area contributed by atoms with Gasteiger partial charge < -0.3 is 4.90 Å². The van der Waals surface area contributed by atoms with Gasteiger partial charge in [0.05, 0.1) is 28.4 Å². The number of pyridine rings is 1. The van der Waals surface area contributed by atoms with Gasteiger partial charge in [0.1, 0.15) is 5.41 Å². The lowest BCUT2D eigenvalue weighted by atomic mass is 9.64. The molecular weight excluding hydrogens is 382 g/mol.